The van der Waals surface area contributed by atoms with Crippen LogP contribution in [-0.4, -0.2) is 44.2 Å². The molecule has 1 rings (SSSR count). The Balaban J connectivity index is 2.38. The van der Waals surface area contributed by atoms with Gasteiger partial charge in [0.15, 0.2) is 5.96 Å². The van der Waals surface area contributed by atoms with Crippen molar-refractivity contribution in [3.8, 4) is 5.75 Å². The molecule has 0 spiro atoms. The second kappa shape index (κ2) is 11.2. The van der Waals surface area contributed by atoms with Gasteiger partial charge < -0.3 is 15.4 Å². The summed E-state index contributed by atoms with van der Waals surface area (Å²) in [5.74, 6) is 2.16. The lowest BCUT2D eigenvalue weighted by atomic mass is 10.2. The SMILES string of the molecule is CCC(CNC(=NC)NCCCSC)Oc1cccc(F)c1. The lowest BCUT2D eigenvalue weighted by molar-refractivity contribution is 0.199. The van der Waals surface area contributed by atoms with E-state index in [4.69, 9.17) is 4.74 Å². The van der Waals surface area contributed by atoms with E-state index in [-0.39, 0.29) is 11.9 Å². The van der Waals surface area contributed by atoms with Gasteiger partial charge in [0.2, 0.25) is 0 Å². The molecule has 0 saturated heterocycles. The first-order chi connectivity index (χ1) is 10.7. The summed E-state index contributed by atoms with van der Waals surface area (Å²) < 4.78 is 19.0. The molecule has 0 bridgehead atoms. The second-order valence-corrected chi connectivity index (χ2v) is 5.82. The molecule has 0 fully saturated rings. The number of hydrogen-bond acceptors (Lipinski definition) is 3. The fourth-order valence-corrected chi connectivity index (χ4v) is 2.29. The zero-order valence-electron chi connectivity index (χ0n) is 13.6. The summed E-state index contributed by atoms with van der Waals surface area (Å²) >= 11 is 1.83. The van der Waals surface area contributed by atoms with E-state index >= 15 is 0 Å². The largest absolute Gasteiger partial charge is 0.489 e. The minimum Gasteiger partial charge on any atom is -0.489 e. The quantitative estimate of drug-likeness (QED) is 0.416. The molecule has 1 aromatic carbocycles. The van der Waals surface area contributed by atoms with Crippen molar-refractivity contribution in [3.05, 3.63) is 30.1 Å². The third-order valence-corrected chi connectivity index (χ3v) is 3.79. The molecule has 0 amide bonds. The molecule has 0 aliphatic rings. The number of ether oxygens (including phenoxy) is 1. The van der Waals surface area contributed by atoms with Crippen LogP contribution in [-0.2, 0) is 0 Å². The molecule has 0 radical (unpaired) electrons. The smallest absolute Gasteiger partial charge is 0.191 e. The van der Waals surface area contributed by atoms with E-state index < -0.39 is 0 Å². The average Bonchev–Trinajstić information content (AvgIpc) is 2.53. The van der Waals surface area contributed by atoms with E-state index in [0.717, 1.165) is 31.1 Å². The van der Waals surface area contributed by atoms with Crippen molar-refractivity contribution < 1.29 is 9.13 Å². The summed E-state index contributed by atoms with van der Waals surface area (Å²) in [7, 11) is 1.75. The van der Waals surface area contributed by atoms with Gasteiger partial charge in [0.25, 0.3) is 0 Å². The molecule has 0 aliphatic carbocycles. The Bertz CT molecular complexity index is 457. The molecule has 1 aromatic rings. The van der Waals surface area contributed by atoms with Crippen LogP contribution in [0.1, 0.15) is 19.8 Å². The number of thioether (sulfide) groups is 1. The van der Waals surface area contributed by atoms with Crippen LogP contribution in [0.15, 0.2) is 29.3 Å². The Labute approximate surface area is 136 Å². The zero-order chi connectivity index (χ0) is 16.2. The maximum atomic E-state index is 13.2. The van der Waals surface area contributed by atoms with Gasteiger partial charge in [-0.05, 0) is 37.0 Å². The molecule has 1 unspecified atom stereocenters. The van der Waals surface area contributed by atoms with Crippen molar-refractivity contribution >= 4 is 17.7 Å². The summed E-state index contributed by atoms with van der Waals surface area (Å²) in [4.78, 5) is 4.19. The van der Waals surface area contributed by atoms with Gasteiger partial charge in [-0.2, -0.15) is 11.8 Å². The molecule has 0 aliphatic heterocycles. The molecule has 22 heavy (non-hydrogen) atoms. The maximum Gasteiger partial charge on any atom is 0.191 e. The van der Waals surface area contributed by atoms with Crippen molar-refractivity contribution in [2.75, 3.05) is 32.1 Å². The lowest BCUT2D eigenvalue weighted by Gasteiger charge is -2.20. The van der Waals surface area contributed by atoms with Crippen LogP contribution in [0.3, 0.4) is 0 Å². The number of nitrogens with zero attached hydrogens (tertiary/aromatic N) is 1. The molecule has 0 aromatic heterocycles. The summed E-state index contributed by atoms with van der Waals surface area (Å²) in [5.41, 5.74) is 0. The third-order valence-electron chi connectivity index (χ3n) is 3.09. The van der Waals surface area contributed by atoms with Crippen LogP contribution in [0.4, 0.5) is 4.39 Å². The minimum absolute atomic E-state index is 0.0356. The minimum atomic E-state index is -0.286. The van der Waals surface area contributed by atoms with E-state index in [2.05, 4.69) is 21.9 Å². The number of nitrogens with one attached hydrogen (secondary N) is 2. The summed E-state index contributed by atoms with van der Waals surface area (Å²) in [6.45, 7) is 3.55. The van der Waals surface area contributed by atoms with Crippen molar-refractivity contribution in [1.82, 2.24) is 10.6 Å². The highest BCUT2D eigenvalue weighted by atomic mass is 32.2. The first-order valence-electron chi connectivity index (χ1n) is 7.55. The van der Waals surface area contributed by atoms with E-state index in [9.17, 15) is 4.39 Å². The van der Waals surface area contributed by atoms with Gasteiger partial charge in [-0.1, -0.05) is 13.0 Å². The molecule has 2 N–H and O–H groups in total. The zero-order valence-corrected chi connectivity index (χ0v) is 14.4. The summed E-state index contributed by atoms with van der Waals surface area (Å²) in [5, 5.41) is 6.51. The first kappa shape index (κ1) is 18.6. The molecule has 4 nitrogen and oxygen atoms in total. The Morgan fingerprint density at radius 1 is 1.41 bits per heavy atom. The monoisotopic (exact) mass is 327 g/mol. The van der Waals surface area contributed by atoms with Gasteiger partial charge >= 0.3 is 0 Å². The number of benzene rings is 1. The Kier molecular flexibility index (Phi) is 9.46. The second-order valence-electron chi connectivity index (χ2n) is 4.83. The number of hydrogen-bond donors (Lipinski definition) is 2. The number of rotatable bonds is 9. The standard InChI is InChI=1S/C16H26FN3OS/c1-4-14(21-15-8-5-7-13(17)11-15)12-20-16(18-2)19-9-6-10-22-3/h5,7-8,11,14H,4,6,9-10,12H2,1-3H3,(H2,18,19,20). The molecule has 1 atom stereocenters. The van der Waals surface area contributed by atoms with Crippen molar-refractivity contribution in [2.45, 2.75) is 25.9 Å². The van der Waals surface area contributed by atoms with Crippen LogP contribution >= 0.6 is 11.8 Å². The van der Waals surface area contributed by atoms with Crippen LogP contribution in [0.2, 0.25) is 0 Å². The van der Waals surface area contributed by atoms with Gasteiger partial charge in [0, 0.05) is 19.7 Å². The molecule has 0 heterocycles. The van der Waals surface area contributed by atoms with Crippen LogP contribution in [0.5, 0.6) is 5.75 Å². The molecule has 0 saturated carbocycles. The van der Waals surface area contributed by atoms with Crippen molar-refractivity contribution in [2.24, 2.45) is 4.99 Å². The highest BCUT2D eigenvalue weighted by Gasteiger charge is 2.09. The number of guanidine groups is 1. The molecule has 124 valence electrons. The van der Waals surface area contributed by atoms with Gasteiger partial charge in [-0.3, -0.25) is 4.99 Å². The van der Waals surface area contributed by atoms with E-state index in [1.54, 1.807) is 19.2 Å². The first-order valence-corrected chi connectivity index (χ1v) is 8.94. The highest BCUT2D eigenvalue weighted by molar-refractivity contribution is 7.98. The van der Waals surface area contributed by atoms with Gasteiger partial charge in [-0.15, -0.1) is 0 Å². The van der Waals surface area contributed by atoms with Crippen LogP contribution in [0, 0.1) is 5.82 Å². The Morgan fingerprint density at radius 2 is 2.23 bits per heavy atom. The fourth-order valence-electron chi connectivity index (χ4n) is 1.86. The van der Waals surface area contributed by atoms with E-state index in [0.29, 0.717) is 12.3 Å². The predicted octanol–water partition coefficient (Wildman–Crippen LogP) is 2.90. The molecule has 6 heteroatoms. The van der Waals surface area contributed by atoms with Gasteiger partial charge in [0.1, 0.15) is 17.7 Å². The Morgan fingerprint density at radius 3 is 2.86 bits per heavy atom. The Hall–Kier alpha value is -1.43. The molecular formula is C16H26FN3OS. The molecular weight excluding hydrogens is 301 g/mol. The van der Waals surface area contributed by atoms with Gasteiger partial charge in [0.05, 0.1) is 6.54 Å². The van der Waals surface area contributed by atoms with Crippen LogP contribution in [0.25, 0.3) is 0 Å². The summed E-state index contributed by atoms with van der Waals surface area (Å²) in [6.07, 6.45) is 3.99. The average molecular weight is 327 g/mol. The topological polar surface area (TPSA) is 45.7 Å². The number of halogens is 1. The van der Waals surface area contributed by atoms with Gasteiger partial charge in [-0.25, -0.2) is 4.39 Å². The maximum absolute atomic E-state index is 13.2. The van der Waals surface area contributed by atoms with E-state index in [1.165, 1.54) is 12.1 Å². The van der Waals surface area contributed by atoms with E-state index in [1.807, 2.05) is 18.7 Å². The third kappa shape index (κ3) is 7.54. The fraction of sp³-hybridized carbons (Fsp3) is 0.562. The predicted molar refractivity (Wildman–Crippen MR) is 93.5 cm³/mol. The van der Waals surface area contributed by atoms with Crippen LogP contribution < -0.4 is 15.4 Å². The normalized spacial score (nSPS) is 12.8. The lowest BCUT2D eigenvalue weighted by Crippen LogP contribution is -2.42. The van der Waals surface area contributed by atoms with Crippen molar-refractivity contribution in [3.63, 3.8) is 0 Å². The highest BCUT2D eigenvalue weighted by Crippen LogP contribution is 2.14. The number of aliphatic imine (C=N–C) groups is 1. The summed E-state index contributed by atoms with van der Waals surface area (Å²) in [6, 6.07) is 6.23. The van der Waals surface area contributed by atoms with Crippen molar-refractivity contribution in [1.29, 1.82) is 0 Å².